The molecule has 0 amide bonds. The lowest BCUT2D eigenvalue weighted by Gasteiger charge is -2.16. The van der Waals surface area contributed by atoms with Crippen LogP contribution in [0.3, 0.4) is 0 Å². The Balaban J connectivity index is 2.33. The number of nitro benzene ring substituents is 1. The van der Waals surface area contributed by atoms with Crippen LogP contribution in [0, 0.1) is 17.0 Å². The molecule has 2 aromatic rings. The van der Waals surface area contributed by atoms with E-state index < -0.39 is 21.0 Å². The highest BCUT2D eigenvalue weighted by Gasteiger charge is 2.23. The Hall–Kier alpha value is -1.77. The third-order valence-corrected chi connectivity index (χ3v) is 5.59. The molecule has 2 rings (SSSR count). The predicted octanol–water partition coefficient (Wildman–Crippen LogP) is 3.71. The van der Waals surface area contributed by atoms with Crippen LogP contribution in [-0.2, 0) is 10.0 Å². The fourth-order valence-electron chi connectivity index (χ4n) is 2.11. The molecule has 8 heteroatoms. The fourth-order valence-corrected chi connectivity index (χ4v) is 3.87. The fraction of sp³-hybridized carbons (Fsp3) is 0.200. The second-order valence-corrected chi connectivity index (χ2v) is 7.70. The van der Waals surface area contributed by atoms with Gasteiger partial charge in [-0.25, -0.2) is 13.1 Å². The van der Waals surface area contributed by atoms with Gasteiger partial charge in [-0.15, -0.1) is 0 Å². The summed E-state index contributed by atoms with van der Waals surface area (Å²) in [6, 6.07) is 10.6. The summed E-state index contributed by atoms with van der Waals surface area (Å²) in [5, 5.41) is 10.9. The molecular weight excluding hydrogens is 384 g/mol. The molecule has 1 atom stereocenters. The molecule has 0 fully saturated rings. The summed E-state index contributed by atoms with van der Waals surface area (Å²) in [5.74, 6) is 0. The van der Waals surface area contributed by atoms with Crippen LogP contribution in [0.4, 0.5) is 5.69 Å². The Bertz CT molecular complexity index is 835. The quantitative estimate of drug-likeness (QED) is 0.613. The zero-order valence-electron chi connectivity index (χ0n) is 12.5. The maximum Gasteiger partial charge on any atom is 0.270 e. The lowest BCUT2D eigenvalue weighted by Crippen LogP contribution is -2.27. The van der Waals surface area contributed by atoms with Gasteiger partial charge >= 0.3 is 0 Å². The summed E-state index contributed by atoms with van der Waals surface area (Å²) in [6.45, 7) is 3.32. The highest BCUT2D eigenvalue weighted by Crippen LogP contribution is 2.24. The average molecular weight is 399 g/mol. The van der Waals surface area contributed by atoms with Gasteiger partial charge < -0.3 is 0 Å². The molecule has 122 valence electrons. The van der Waals surface area contributed by atoms with Crippen LogP contribution in [-0.4, -0.2) is 13.3 Å². The molecule has 23 heavy (non-hydrogen) atoms. The van der Waals surface area contributed by atoms with E-state index in [1.807, 2.05) is 12.1 Å². The lowest BCUT2D eigenvalue weighted by molar-refractivity contribution is -0.385. The van der Waals surface area contributed by atoms with E-state index >= 15 is 0 Å². The molecule has 0 aromatic heterocycles. The van der Waals surface area contributed by atoms with Crippen LogP contribution < -0.4 is 4.72 Å². The maximum absolute atomic E-state index is 12.5. The van der Waals surface area contributed by atoms with E-state index in [2.05, 4.69) is 20.7 Å². The normalized spacial score (nSPS) is 12.8. The number of halogens is 1. The number of nitrogens with zero attached hydrogens (tertiary/aromatic N) is 1. The van der Waals surface area contributed by atoms with Crippen molar-refractivity contribution in [3.63, 3.8) is 0 Å². The number of aryl methyl sites for hydroxylation is 1. The molecule has 0 aliphatic carbocycles. The summed E-state index contributed by atoms with van der Waals surface area (Å²) in [6.07, 6.45) is 0. The Labute approximate surface area is 142 Å². The monoisotopic (exact) mass is 398 g/mol. The molecule has 0 saturated heterocycles. The highest BCUT2D eigenvalue weighted by molar-refractivity contribution is 9.10. The van der Waals surface area contributed by atoms with Gasteiger partial charge in [0.15, 0.2) is 0 Å². The number of benzene rings is 2. The van der Waals surface area contributed by atoms with Gasteiger partial charge in [-0.3, -0.25) is 10.1 Å². The highest BCUT2D eigenvalue weighted by atomic mass is 79.9. The number of hydrogen-bond acceptors (Lipinski definition) is 4. The number of nitro groups is 1. The van der Waals surface area contributed by atoms with Crippen molar-refractivity contribution >= 4 is 31.6 Å². The van der Waals surface area contributed by atoms with Crippen molar-refractivity contribution in [1.29, 1.82) is 0 Å². The van der Waals surface area contributed by atoms with Gasteiger partial charge in [0, 0.05) is 22.6 Å². The van der Waals surface area contributed by atoms with E-state index in [4.69, 9.17) is 0 Å². The second-order valence-electron chi connectivity index (χ2n) is 5.10. The van der Waals surface area contributed by atoms with Crippen LogP contribution in [0.2, 0.25) is 0 Å². The van der Waals surface area contributed by atoms with Crippen molar-refractivity contribution in [2.24, 2.45) is 0 Å². The Kier molecular flexibility index (Phi) is 5.18. The third-order valence-electron chi connectivity index (χ3n) is 3.37. The maximum atomic E-state index is 12.5. The first-order valence-corrected chi connectivity index (χ1v) is 9.01. The molecule has 1 N–H and O–H groups in total. The van der Waals surface area contributed by atoms with E-state index in [-0.39, 0.29) is 10.6 Å². The second kappa shape index (κ2) is 6.77. The molecule has 2 aromatic carbocycles. The number of rotatable bonds is 5. The van der Waals surface area contributed by atoms with Gasteiger partial charge in [-0.1, -0.05) is 34.1 Å². The summed E-state index contributed by atoms with van der Waals surface area (Å²) < 4.78 is 28.5. The van der Waals surface area contributed by atoms with Gasteiger partial charge in [-0.2, -0.15) is 0 Å². The van der Waals surface area contributed by atoms with Crippen LogP contribution in [0.15, 0.2) is 51.8 Å². The van der Waals surface area contributed by atoms with Gasteiger partial charge in [-0.05, 0) is 37.1 Å². The summed E-state index contributed by atoms with van der Waals surface area (Å²) in [5.41, 5.74) is 0.984. The molecule has 0 bridgehead atoms. The first-order valence-electron chi connectivity index (χ1n) is 6.73. The molecule has 1 unspecified atom stereocenters. The van der Waals surface area contributed by atoms with Crippen molar-refractivity contribution in [3.8, 4) is 0 Å². The number of nitrogens with one attached hydrogen (secondary N) is 1. The third kappa shape index (κ3) is 4.15. The van der Waals surface area contributed by atoms with Crippen LogP contribution >= 0.6 is 15.9 Å². The van der Waals surface area contributed by atoms with E-state index in [0.717, 1.165) is 16.1 Å². The summed E-state index contributed by atoms with van der Waals surface area (Å²) >= 11 is 3.32. The number of hydrogen-bond donors (Lipinski definition) is 1. The SMILES string of the molecule is Cc1ccc([N+](=O)[O-])cc1S(=O)(=O)NC(C)c1ccc(Br)cc1. The van der Waals surface area contributed by atoms with Crippen LogP contribution in [0.5, 0.6) is 0 Å². The van der Waals surface area contributed by atoms with Crippen molar-refractivity contribution in [2.75, 3.05) is 0 Å². The topological polar surface area (TPSA) is 89.3 Å². The Morgan fingerprint density at radius 3 is 2.35 bits per heavy atom. The van der Waals surface area contributed by atoms with Crippen molar-refractivity contribution < 1.29 is 13.3 Å². The van der Waals surface area contributed by atoms with E-state index in [1.165, 1.54) is 12.1 Å². The lowest BCUT2D eigenvalue weighted by atomic mass is 10.1. The minimum absolute atomic E-state index is 0.0874. The first kappa shape index (κ1) is 17.6. The largest absolute Gasteiger partial charge is 0.270 e. The molecule has 0 radical (unpaired) electrons. The van der Waals surface area contributed by atoms with Gasteiger partial charge in [0.2, 0.25) is 10.0 Å². The molecule has 0 heterocycles. The molecular formula is C15H15BrN2O4S. The zero-order valence-corrected chi connectivity index (χ0v) is 14.9. The molecule has 0 saturated carbocycles. The summed E-state index contributed by atoms with van der Waals surface area (Å²) in [7, 11) is -3.87. The Morgan fingerprint density at radius 2 is 1.78 bits per heavy atom. The van der Waals surface area contributed by atoms with Crippen molar-refractivity contribution in [3.05, 3.63) is 68.2 Å². The van der Waals surface area contributed by atoms with E-state index in [9.17, 15) is 18.5 Å². The Morgan fingerprint density at radius 1 is 1.17 bits per heavy atom. The minimum atomic E-state index is -3.87. The molecule has 0 aliphatic heterocycles. The van der Waals surface area contributed by atoms with Crippen molar-refractivity contribution in [1.82, 2.24) is 4.72 Å². The van der Waals surface area contributed by atoms with Crippen LogP contribution in [0.1, 0.15) is 24.1 Å². The number of sulfonamides is 1. The van der Waals surface area contributed by atoms with Crippen molar-refractivity contribution in [2.45, 2.75) is 24.8 Å². The number of non-ortho nitro benzene ring substituents is 1. The van der Waals surface area contributed by atoms with Crippen LogP contribution in [0.25, 0.3) is 0 Å². The van der Waals surface area contributed by atoms with E-state index in [0.29, 0.717) is 5.56 Å². The van der Waals surface area contributed by atoms with E-state index in [1.54, 1.807) is 26.0 Å². The molecule has 0 aliphatic rings. The zero-order chi connectivity index (χ0) is 17.2. The standard InChI is InChI=1S/C15H15BrN2O4S/c1-10-3-8-14(18(19)20)9-15(10)23(21,22)17-11(2)12-4-6-13(16)7-5-12/h3-9,11,17H,1-2H3. The average Bonchev–Trinajstić information content (AvgIpc) is 2.47. The van der Waals surface area contributed by atoms with Gasteiger partial charge in [0.25, 0.3) is 5.69 Å². The van der Waals surface area contributed by atoms with Gasteiger partial charge in [0.1, 0.15) is 0 Å². The molecule has 0 spiro atoms. The first-order chi connectivity index (χ1) is 10.7. The molecule has 6 nitrogen and oxygen atoms in total. The smallest absolute Gasteiger partial charge is 0.258 e. The predicted molar refractivity (Wildman–Crippen MR) is 90.7 cm³/mol. The van der Waals surface area contributed by atoms with Gasteiger partial charge in [0.05, 0.1) is 9.82 Å². The minimum Gasteiger partial charge on any atom is -0.258 e. The summed E-state index contributed by atoms with van der Waals surface area (Å²) in [4.78, 5) is 10.2.